The molecule has 8 nitrogen and oxygen atoms in total. The van der Waals surface area contributed by atoms with Crippen LogP contribution in [0.1, 0.15) is 37.8 Å². The summed E-state index contributed by atoms with van der Waals surface area (Å²) < 4.78 is 34.5. The molecule has 0 aromatic heterocycles. The van der Waals surface area contributed by atoms with E-state index in [4.69, 9.17) is 27.9 Å². The predicted molar refractivity (Wildman–Crippen MR) is 163 cm³/mol. The smallest absolute Gasteiger partial charge is 0.264 e. The number of ether oxygens (including phenoxy) is 1. The first-order valence-corrected chi connectivity index (χ1v) is 15.4. The monoisotopic (exact) mass is 619 g/mol. The highest BCUT2D eigenvalue weighted by atomic mass is 35.5. The molecule has 11 heteroatoms. The van der Waals surface area contributed by atoms with Crippen LogP contribution in [-0.4, -0.2) is 51.4 Å². The average molecular weight is 621 g/mol. The van der Waals surface area contributed by atoms with Crippen molar-refractivity contribution in [1.29, 1.82) is 0 Å². The van der Waals surface area contributed by atoms with Crippen molar-refractivity contribution in [2.75, 3.05) is 24.5 Å². The number of hydrogen-bond donors (Lipinski definition) is 1. The van der Waals surface area contributed by atoms with E-state index in [9.17, 15) is 18.0 Å². The Labute approximate surface area is 252 Å². The van der Waals surface area contributed by atoms with Crippen LogP contribution in [0, 0.1) is 6.92 Å². The maximum atomic E-state index is 14.1. The van der Waals surface area contributed by atoms with Crippen LogP contribution in [0.5, 0.6) is 5.75 Å². The minimum absolute atomic E-state index is 0.00224. The van der Waals surface area contributed by atoms with E-state index < -0.39 is 28.5 Å². The molecule has 220 valence electrons. The molecule has 0 bridgehead atoms. The number of unbranched alkanes of at least 4 members (excludes halogenated alkanes) is 1. The molecule has 0 unspecified atom stereocenters. The van der Waals surface area contributed by atoms with Gasteiger partial charge in [0.15, 0.2) is 0 Å². The molecule has 0 heterocycles. The topological polar surface area (TPSA) is 96.0 Å². The van der Waals surface area contributed by atoms with Crippen molar-refractivity contribution in [2.45, 2.75) is 51.1 Å². The van der Waals surface area contributed by atoms with E-state index in [0.717, 1.165) is 22.7 Å². The van der Waals surface area contributed by atoms with Crippen LogP contribution in [0.4, 0.5) is 5.69 Å². The zero-order valence-corrected chi connectivity index (χ0v) is 25.9. The molecule has 0 radical (unpaired) electrons. The van der Waals surface area contributed by atoms with Gasteiger partial charge >= 0.3 is 0 Å². The number of carbonyl (C=O) groups excluding carboxylic acids is 2. The van der Waals surface area contributed by atoms with E-state index >= 15 is 0 Å². The average Bonchev–Trinajstić information content (AvgIpc) is 2.95. The second-order valence-corrected chi connectivity index (χ2v) is 12.2. The molecule has 1 atom stereocenters. The molecular weight excluding hydrogens is 585 g/mol. The molecule has 0 saturated heterocycles. The molecule has 1 N–H and O–H groups in total. The fourth-order valence-corrected chi connectivity index (χ4v) is 6.15. The molecule has 41 heavy (non-hydrogen) atoms. The van der Waals surface area contributed by atoms with Crippen LogP contribution in [0.2, 0.25) is 10.0 Å². The van der Waals surface area contributed by atoms with Gasteiger partial charge in [-0.25, -0.2) is 8.42 Å². The molecule has 0 spiro atoms. The minimum Gasteiger partial charge on any atom is -0.495 e. The molecule has 0 aliphatic rings. The van der Waals surface area contributed by atoms with E-state index in [0.29, 0.717) is 22.2 Å². The number of methoxy groups -OCH3 is 1. The van der Waals surface area contributed by atoms with Gasteiger partial charge in [-0.1, -0.05) is 66.9 Å². The number of anilines is 1. The van der Waals surface area contributed by atoms with Crippen LogP contribution >= 0.6 is 23.2 Å². The second-order valence-electron chi connectivity index (χ2n) is 9.54. The summed E-state index contributed by atoms with van der Waals surface area (Å²) in [6.45, 7) is 5.14. The van der Waals surface area contributed by atoms with Crippen LogP contribution in [0.25, 0.3) is 0 Å². The number of nitrogens with zero attached hydrogens (tertiary/aromatic N) is 2. The van der Waals surface area contributed by atoms with Crippen LogP contribution < -0.4 is 14.4 Å². The first-order valence-electron chi connectivity index (χ1n) is 13.2. The number of benzene rings is 3. The summed E-state index contributed by atoms with van der Waals surface area (Å²) >= 11 is 12.9. The van der Waals surface area contributed by atoms with Gasteiger partial charge in [0.05, 0.1) is 17.7 Å². The van der Waals surface area contributed by atoms with Crippen molar-refractivity contribution in [3.05, 3.63) is 87.9 Å². The lowest BCUT2D eigenvalue weighted by atomic mass is 10.1. The molecule has 0 aliphatic carbocycles. The van der Waals surface area contributed by atoms with Crippen molar-refractivity contribution in [2.24, 2.45) is 0 Å². The van der Waals surface area contributed by atoms with E-state index in [1.165, 1.54) is 24.1 Å². The van der Waals surface area contributed by atoms with Gasteiger partial charge in [0.2, 0.25) is 11.8 Å². The Bertz CT molecular complexity index is 1450. The Morgan fingerprint density at radius 2 is 1.66 bits per heavy atom. The second kappa shape index (κ2) is 14.6. The summed E-state index contributed by atoms with van der Waals surface area (Å²) in [7, 11) is -2.80. The largest absolute Gasteiger partial charge is 0.495 e. The summed E-state index contributed by atoms with van der Waals surface area (Å²) in [6, 6.07) is 16.9. The number of amides is 2. The van der Waals surface area contributed by atoms with Gasteiger partial charge < -0.3 is 15.0 Å². The van der Waals surface area contributed by atoms with Gasteiger partial charge in [0.25, 0.3) is 10.0 Å². The van der Waals surface area contributed by atoms with E-state index in [1.807, 2.05) is 13.8 Å². The molecule has 3 aromatic rings. The third kappa shape index (κ3) is 7.93. The maximum Gasteiger partial charge on any atom is 0.264 e. The van der Waals surface area contributed by atoms with Crippen molar-refractivity contribution in [1.82, 2.24) is 10.2 Å². The Kier molecular flexibility index (Phi) is 11.5. The number of aryl methyl sites for hydroxylation is 1. The quantitative estimate of drug-likeness (QED) is 0.243. The third-order valence-electron chi connectivity index (χ3n) is 6.60. The predicted octanol–water partition coefficient (Wildman–Crippen LogP) is 5.84. The van der Waals surface area contributed by atoms with Crippen LogP contribution in [0.15, 0.2) is 71.6 Å². The van der Waals surface area contributed by atoms with Gasteiger partial charge in [0, 0.05) is 28.7 Å². The summed E-state index contributed by atoms with van der Waals surface area (Å²) in [6.07, 6.45) is 1.66. The lowest BCUT2D eigenvalue weighted by Crippen LogP contribution is -2.51. The van der Waals surface area contributed by atoms with Crippen molar-refractivity contribution < 1.29 is 22.7 Å². The SMILES string of the molecule is CCCCNC(=O)[C@@H](C)N(Cc1c(Cl)cccc1Cl)C(=O)CN(c1cc(C)ccc1OC)S(=O)(=O)c1ccccc1. The van der Waals surface area contributed by atoms with E-state index in [-0.39, 0.29) is 28.8 Å². The van der Waals surface area contributed by atoms with Gasteiger partial charge in [-0.2, -0.15) is 0 Å². The summed E-state index contributed by atoms with van der Waals surface area (Å²) in [5.74, 6) is -0.725. The number of rotatable bonds is 13. The van der Waals surface area contributed by atoms with Gasteiger partial charge in [0.1, 0.15) is 18.3 Å². The first kappa shape index (κ1) is 32.2. The number of sulfonamides is 1. The zero-order valence-electron chi connectivity index (χ0n) is 23.6. The van der Waals surface area contributed by atoms with Crippen LogP contribution in [0.3, 0.4) is 0 Å². The third-order valence-corrected chi connectivity index (χ3v) is 9.08. The fraction of sp³-hybridized carbons (Fsp3) is 0.333. The van der Waals surface area contributed by atoms with Crippen LogP contribution in [-0.2, 0) is 26.2 Å². The highest BCUT2D eigenvalue weighted by Gasteiger charge is 2.34. The molecule has 3 rings (SSSR count). The molecule has 0 aliphatic heterocycles. The zero-order chi connectivity index (χ0) is 30.2. The summed E-state index contributed by atoms with van der Waals surface area (Å²) in [5.41, 5.74) is 1.41. The molecular formula is C30H35Cl2N3O5S. The Morgan fingerprint density at radius 3 is 2.27 bits per heavy atom. The standard InChI is InChI=1S/C30H35Cl2N3O5S/c1-5-6-17-33-30(37)22(3)34(19-24-25(31)13-10-14-26(24)32)29(36)20-35(27-18-21(2)15-16-28(27)40-4)41(38,39)23-11-8-7-9-12-23/h7-16,18,22H,5-6,17,19-20H2,1-4H3,(H,33,37)/t22-/m1/s1. The summed E-state index contributed by atoms with van der Waals surface area (Å²) in [4.78, 5) is 28.5. The van der Waals surface area contributed by atoms with Crippen molar-refractivity contribution in [3.8, 4) is 5.75 Å². The number of halogens is 2. The number of hydrogen-bond acceptors (Lipinski definition) is 5. The highest BCUT2D eigenvalue weighted by molar-refractivity contribution is 7.92. The lowest BCUT2D eigenvalue weighted by Gasteiger charge is -2.32. The maximum absolute atomic E-state index is 14.1. The Balaban J connectivity index is 2.10. The molecule has 0 fully saturated rings. The normalized spacial score (nSPS) is 12.0. The number of carbonyl (C=O) groups is 2. The minimum atomic E-state index is -4.23. The van der Waals surface area contributed by atoms with Gasteiger partial charge in [-0.3, -0.25) is 13.9 Å². The fourth-order valence-electron chi connectivity index (χ4n) is 4.20. The molecule has 0 saturated carbocycles. The highest BCUT2D eigenvalue weighted by Crippen LogP contribution is 2.34. The number of nitrogens with one attached hydrogen (secondary N) is 1. The van der Waals surface area contributed by atoms with E-state index in [2.05, 4.69) is 5.32 Å². The van der Waals surface area contributed by atoms with Gasteiger partial charge in [-0.05, 0) is 62.2 Å². The Hall–Kier alpha value is -3.27. The summed E-state index contributed by atoms with van der Waals surface area (Å²) in [5, 5.41) is 3.49. The van der Waals surface area contributed by atoms with Gasteiger partial charge in [-0.15, -0.1) is 0 Å². The molecule has 2 amide bonds. The lowest BCUT2D eigenvalue weighted by molar-refractivity contribution is -0.139. The first-order chi connectivity index (χ1) is 19.5. The van der Waals surface area contributed by atoms with E-state index in [1.54, 1.807) is 61.5 Å². The van der Waals surface area contributed by atoms with Crippen molar-refractivity contribution >= 4 is 50.7 Å². The Morgan fingerprint density at radius 1 is 1.00 bits per heavy atom. The molecule has 3 aromatic carbocycles. The van der Waals surface area contributed by atoms with Crippen molar-refractivity contribution in [3.63, 3.8) is 0 Å².